The average Bonchev–Trinajstić information content (AvgIpc) is 3.32. The lowest BCUT2D eigenvalue weighted by atomic mass is 9.93. The lowest BCUT2D eigenvalue weighted by Gasteiger charge is -2.19. The summed E-state index contributed by atoms with van der Waals surface area (Å²) in [5.41, 5.74) is 2.98. The highest BCUT2D eigenvalue weighted by atomic mass is 16.5. The summed E-state index contributed by atoms with van der Waals surface area (Å²) in [4.78, 5) is 17.0. The van der Waals surface area contributed by atoms with Gasteiger partial charge in [0.1, 0.15) is 0 Å². The van der Waals surface area contributed by atoms with Gasteiger partial charge in [-0.2, -0.15) is 0 Å². The van der Waals surface area contributed by atoms with Crippen molar-refractivity contribution < 1.29 is 14.1 Å². The first-order valence-corrected chi connectivity index (χ1v) is 9.29. The number of para-hydroxylation sites is 1. The SMILES string of the molecule is CC(C)c1cc(C(=O)N[C@H]2COC[C@H]2Cc2ccnc3ccccc23)on1. The van der Waals surface area contributed by atoms with Crippen molar-refractivity contribution >= 4 is 16.8 Å². The molecule has 6 heteroatoms. The summed E-state index contributed by atoms with van der Waals surface area (Å²) < 4.78 is 10.9. The van der Waals surface area contributed by atoms with Crippen LogP contribution in [-0.4, -0.2) is 35.3 Å². The second kappa shape index (κ2) is 7.48. The number of benzene rings is 1. The number of hydrogen-bond acceptors (Lipinski definition) is 5. The third-order valence-electron chi connectivity index (χ3n) is 5.08. The van der Waals surface area contributed by atoms with Crippen molar-refractivity contribution in [2.45, 2.75) is 32.2 Å². The number of pyridine rings is 1. The predicted molar refractivity (Wildman–Crippen MR) is 102 cm³/mol. The molecule has 1 aliphatic rings. The second-order valence-corrected chi connectivity index (χ2v) is 7.34. The monoisotopic (exact) mass is 365 g/mol. The molecule has 0 radical (unpaired) electrons. The Hall–Kier alpha value is -2.73. The molecule has 0 aliphatic carbocycles. The molecule has 3 heterocycles. The van der Waals surface area contributed by atoms with Crippen molar-refractivity contribution in [2.75, 3.05) is 13.2 Å². The van der Waals surface area contributed by atoms with E-state index in [0.717, 1.165) is 23.0 Å². The zero-order valence-electron chi connectivity index (χ0n) is 15.5. The molecular weight excluding hydrogens is 342 g/mol. The van der Waals surface area contributed by atoms with E-state index in [1.807, 2.05) is 44.3 Å². The van der Waals surface area contributed by atoms with Gasteiger partial charge in [0.25, 0.3) is 5.91 Å². The van der Waals surface area contributed by atoms with Crippen molar-refractivity contribution in [2.24, 2.45) is 5.92 Å². The Bertz CT molecular complexity index is 945. The first-order valence-electron chi connectivity index (χ1n) is 9.29. The highest BCUT2D eigenvalue weighted by molar-refractivity contribution is 5.91. The number of hydrogen-bond donors (Lipinski definition) is 1. The number of fused-ring (bicyclic) bond motifs is 1. The van der Waals surface area contributed by atoms with Gasteiger partial charge in [-0.05, 0) is 30.0 Å². The van der Waals surface area contributed by atoms with Crippen LogP contribution in [0.5, 0.6) is 0 Å². The molecular formula is C21H23N3O3. The fourth-order valence-corrected chi connectivity index (χ4v) is 3.48. The van der Waals surface area contributed by atoms with Crippen LogP contribution < -0.4 is 5.32 Å². The van der Waals surface area contributed by atoms with Gasteiger partial charge in [-0.3, -0.25) is 9.78 Å². The van der Waals surface area contributed by atoms with Crippen LogP contribution in [0.25, 0.3) is 10.9 Å². The smallest absolute Gasteiger partial charge is 0.290 e. The molecule has 1 fully saturated rings. The average molecular weight is 365 g/mol. The molecule has 3 aromatic rings. The molecule has 6 nitrogen and oxygen atoms in total. The quantitative estimate of drug-likeness (QED) is 0.750. The maximum Gasteiger partial charge on any atom is 0.290 e. The van der Waals surface area contributed by atoms with E-state index in [2.05, 4.69) is 21.5 Å². The minimum atomic E-state index is -0.241. The molecule has 0 spiro atoms. The number of nitrogens with zero attached hydrogens (tertiary/aromatic N) is 2. The molecule has 2 aromatic heterocycles. The highest BCUT2D eigenvalue weighted by Crippen LogP contribution is 2.24. The van der Waals surface area contributed by atoms with Crippen LogP contribution in [-0.2, 0) is 11.2 Å². The lowest BCUT2D eigenvalue weighted by Crippen LogP contribution is -2.40. The lowest BCUT2D eigenvalue weighted by molar-refractivity contribution is 0.0887. The summed E-state index contributed by atoms with van der Waals surface area (Å²) in [6, 6.07) is 11.8. The summed E-state index contributed by atoms with van der Waals surface area (Å²) in [5, 5.41) is 8.16. The molecule has 1 amide bonds. The number of aromatic nitrogens is 2. The van der Waals surface area contributed by atoms with E-state index in [0.29, 0.717) is 13.2 Å². The van der Waals surface area contributed by atoms with Gasteiger partial charge < -0.3 is 14.6 Å². The topological polar surface area (TPSA) is 77.2 Å². The van der Waals surface area contributed by atoms with Crippen LogP contribution in [0.3, 0.4) is 0 Å². The van der Waals surface area contributed by atoms with Crippen LogP contribution in [0.15, 0.2) is 47.1 Å². The van der Waals surface area contributed by atoms with Crippen LogP contribution in [0.2, 0.25) is 0 Å². The predicted octanol–water partition coefficient (Wildman–Crippen LogP) is 3.33. The largest absolute Gasteiger partial charge is 0.379 e. The summed E-state index contributed by atoms with van der Waals surface area (Å²) in [6.45, 7) is 5.15. The van der Waals surface area contributed by atoms with Gasteiger partial charge in [0, 0.05) is 23.6 Å². The molecule has 0 bridgehead atoms. The Morgan fingerprint density at radius 1 is 1.26 bits per heavy atom. The highest BCUT2D eigenvalue weighted by Gasteiger charge is 2.31. The Labute approximate surface area is 157 Å². The van der Waals surface area contributed by atoms with Gasteiger partial charge in [0.15, 0.2) is 0 Å². The first-order chi connectivity index (χ1) is 13.1. The second-order valence-electron chi connectivity index (χ2n) is 7.34. The first kappa shape index (κ1) is 17.7. The van der Waals surface area contributed by atoms with Crippen molar-refractivity contribution in [1.29, 1.82) is 0 Å². The fraction of sp³-hybridized carbons (Fsp3) is 0.381. The third-order valence-corrected chi connectivity index (χ3v) is 5.08. The third kappa shape index (κ3) is 3.71. The Balaban J connectivity index is 1.48. The van der Waals surface area contributed by atoms with Crippen LogP contribution >= 0.6 is 0 Å². The van der Waals surface area contributed by atoms with E-state index < -0.39 is 0 Å². The molecule has 0 saturated carbocycles. The number of ether oxygens (including phenoxy) is 1. The van der Waals surface area contributed by atoms with Gasteiger partial charge in [0.2, 0.25) is 5.76 Å². The minimum Gasteiger partial charge on any atom is -0.379 e. The molecule has 1 aromatic carbocycles. The van der Waals surface area contributed by atoms with E-state index in [9.17, 15) is 4.79 Å². The number of carbonyl (C=O) groups is 1. The van der Waals surface area contributed by atoms with Crippen LogP contribution in [0.4, 0.5) is 0 Å². The van der Waals surface area contributed by atoms with Crippen LogP contribution in [0.1, 0.15) is 41.6 Å². The van der Waals surface area contributed by atoms with Gasteiger partial charge >= 0.3 is 0 Å². The Kier molecular flexibility index (Phi) is 4.90. The van der Waals surface area contributed by atoms with Gasteiger partial charge in [0.05, 0.1) is 30.5 Å². The minimum absolute atomic E-state index is 0.0583. The van der Waals surface area contributed by atoms with E-state index in [1.54, 1.807) is 6.07 Å². The van der Waals surface area contributed by atoms with Gasteiger partial charge in [-0.25, -0.2) is 0 Å². The molecule has 1 saturated heterocycles. The van der Waals surface area contributed by atoms with E-state index in [1.165, 1.54) is 5.56 Å². The standard InChI is InChI=1S/C21H23N3O3/c1-13(2)18-10-20(27-24-18)21(25)23-19-12-26-11-15(19)9-14-7-8-22-17-6-4-3-5-16(14)17/h3-8,10,13,15,19H,9,11-12H2,1-2H3,(H,23,25)/t15-,19+/m1/s1. The number of carbonyl (C=O) groups excluding carboxylic acids is 1. The maximum atomic E-state index is 12.5. The van der Waals surface area contributed by atoms with E-state index in [4.69, 9.17) is 9.26 Å². The normalized spacial score (nSPS) is 19.7. The Morgan fingerprint density at radius 3 is 2.93 bits per heavy atom. The summed E-state index contributed by atoms with van der Waals surface area (Å²) in [5.74, 6) is 0.429. The molecule has 140 valence electrons. The number of amides is 1. The van der Waals surface area contributed by atoms with Crippen molar-refractivity contribution in [3.63, 3.8) is 0 Å². The number of nitrogens with one attached hydrogen (secondary N) is 1. The summed E-state index contributed by atoms with van der Waals surface area (Å²) >= 11 is 0. The van der Waals surface area contributed by atoms with Crippen molar-refractivity contribution in [1.82, 2.24) is 15.5 Å². The zero-order valence-corrected chi connectivity index (χ0v) is 15.5. The van der Waals surface area contributed by atoms with E-state index in [-0.39, 0.29) is 29.5 Å². The maximum absolute atomic E-state index is 12.5. The van der Waals surface area contributed by atoms with Crippen LogP contribution in [0, 0.1) is 5.92 Å². The molecule has 1 aliphatic heterocycles. The zero-order chi connectivity index (χ0) is 18.8. The van der Waals surface area contributed by atoms with E-state index >= 15 is 0 Å². The molecule has 1 N–H and O–H groups in total. The summed E-state index contributed by atoms with van der Waals surface area (Å²) in [7, 11) is 0. The van der Waals surface area contributed by atoms with Crippen molar-refractivity contribution in [3.8, 4) is 0 Å². The molecule has 27 heavy (non-hydrogen) atoms. The molecule has 4 rings (SSSR count). The number of rotatable bonds is 5. The van der Waals surface area contributed by atoms with Gasteiger partial charge in [-0.15, -0.1) is 0 Å². The summed E-state index contributed by atoms with van der Waals surface area (Å²) in [6.07, 6.45) is 2.66. The van der Waals surface area contributed by atoms with Crippen molar-refractivity contribution in [3.05, 3.63) is 59.6 Å². The van der Waals surface area contributed by atoms with Gasteiger partial charge in [-0.1, -0.05) is 37.2 Å². The Morgan fingerprint density at radius 2 is 2.11 bits per heavy atom. The molecule has 2 atom stereocenters. The molecule has 0 unspecified atom stereocenters. The fourth-order valence-electron chi connectivity index (χ4n) is 3.48.